The third kappa shape index (κ3) is 3.79. The number of amides is 1. The number of aromatic nitrogens is 1. The second kappa shape index (κ2) is 6.83. The fourth-order valence-corrected chi connectivity index (χ4v) is 2.65. The van der Waals surface area contributed by atoms with Gasteiger partial charge in [0.1, 0.15) is 6.61 Å². The smallest absolute Gasteiger partial charge is 0.252 e. The van der Waals surface area contributed by atoms with E-state index >= 15 is 0 Å². The molecule has 6 heteroatoms. The van der Waals surface area contributed by atoms with Crippen LogP contribution in [0.3, 0.4) is 0 Å². The highest BCUT2D eigenvalue weighted by Crippen LogP contribution is 2.30. The highest BCUT2D eigenvalue weighted by molar-refractivity contribution is 7.16. The summed E-state index contributed by atoms with van der Waals surface area (Å²) >= 11 is 7.32. The molecule has 1 N–H and O–H groups in total. The number of carbonyl (C=O) groups excluding carboxylic acids is 1. The Hall–Kier alpha value is -1.43. The fourth-order valence-electron chi connectivity index (χ4n) is 1.68. The van der Waals surface area contributed by atoms with E-state index in [1.54, 1.807) is 0 Å². The summed E-state index contributed by atoms with van der Waals surface area (Å²) in [6.07, 6.45) is 0. The maximum Gasteiger partial charge on any atom is 0.252 e. The van der Waals surface area contributed by atoms with Crippen molar-refractivity contribution in [3.05, 3.63) is 34.2 Å². The Morgan fingerprint density at radius 1 is 1.40 bits per heavy atom. The number of anilines is 1. The van der Waals surface area contributed by atoms with Crippen LogP contribution in [0.25, 0.3) is 11.3 Å². The topological polar surface area (TPSA) is 51.2 Å². The minimum absolute atomic E-state index is 0.0470. The first-order chi connectivity index (χ1) is 9.60. The van der Waals surface area contributed by atoms with E-state index < -0.39 is 0 Å². The molecule has 2 rings (SSSR count). The van der Waals surface area contributed by atoms with Gasteiger partial charge in [-0.25, -0.2) is 4.98 Å². The van der Waals surface area contributed by atoms with Crippen molar-refractivity contribution in [3.63, 3.8) is 0 Å². The lowest BCUT2D eigenvalue weighted by Crippen LogP contribution is -2.17. The van der Waals surface area contributed by atoms with Crippen LogP contribution in [-0.4, -0.2) is 24.1 Å². The molecular weight excluding hydrogens is 296 g/mol. The molecule has 2 aromatic rings. The molecule has 0 bridgehead atoms. The Kier molecular flexibility index (Phi) is 5.11. The Bertz CT molecular complexity index is 596. The highest BCUT2D eigenvalue weighted by atomic mass is 35.5. The summed E-state index contributed by atoms with van der Waals surface area (Å²) in [6, 6.07) is 7.47. The molecule has 0 aliphatic carbocycles. The van der Waals surface area contributed by atoms with E-state index in [0.717, 1.165) is 16.1 Å². The van der Waals surface area contributed by atoms with Crippen LogP contribution in [0.15, 0.2) is 24.3 Å². The molecule has 1 aromatic heterocycles. The zero-order valence-electron chi connectivity index (χ0n) is 11.3. The van der Waals surface area contributed by atoms with E-state index in [1.807, 2.05) is 38.1 Å². The lowest BCUT2D eigenvalue weighted by molar-refractivity contribution is -0.120. The Labute approximate surface area is 126 Å². The van der Waals surface area contributed by atoms with Crippen molar-refractivity contribution in [2.24, 2.45) is 0 Å². The van der Waals surface area contributed by atoms with Gasteiger partial charge in [-0.1, -0.05) is 23.7 Å². The molecule has 4 nitrogen and oxygen atoms in total. The number of benzene rings is 1. The maximum absolute atomic E-state index is 11.6. The summed E-state index contributed by atoms with van der Waals surface area (Å²) in [4.78, 5) is 17.1. The normalized spacial score (nSPS) is 10.6. The van der Waals surface area contributed by atoms with Gasteiger partial charge < -0.3 is 4.74 Å². The first kappa shape index (κ1) is 15.0. The van der Waals surface area contributed by atoms with Crippen molar-refractivity contribution in [2.75, 3.05) is 18.5 Å². The van der Waals surface area contributed by atoms with E-state index in [9.17, 15) is 4.79 Å². The number of aryl methyl sites for hydroxylation is 1. The van der Waals surface area contributed by atoms with Gasteiger partial charge in [-0.3, -0.25) is 10.1 Å². The lowest BCUT2D eigenvalue weighted by atomic mass is 10.1. The molecule has 0 radical (unpaired) electrons. The van der Waals surface area contributed by atoms with Crippen LogP contribution in [0, 0.1) is 6.92 Å². The van der Waals surface area contributed by atoms with Crippen molar-refractivity contribution in [1.29, 1.82) is 0 Å². The predicted molar refractivity (Wildman–Crippen MR) is 82.4 cm³/mol. The van der Waals surface area contributed by atoms with Gasteiger partial charge in [0.15, 0.2) is 5.13 Å². The number of carbonyl (C=O) groups is 1. The summed E-state index contributed by atoms with van der Waals surface area (Å²) < 4.78 is 5.05. The van der Waals surface area contributed by atoms with Crippen molar-refractivity contribution >= 4 is 34.0 Å². The minimum Gasteiger partial charge on any atom is -0.372 e. The van der Waals surface area contributed by atoms with Gasteiger partial charge in [-0.15, -0.1) is 11.3 Å². The largest absolute Gasteiger partial charge is 0.372 e. The van der Waals surface area contributed by atoms with E-state index in [1.165, 1.54) is 11.3 Å². The van der Waals surface area contributed by atoms with E-state index in [0.29, 0.717) is 16.8 Å². The molecule has 1 heterocycles. The Morgan fingerprint density at radius 3 is 2.75 bits per heavy atom. The number of nitrogens with zero attached hydrogens (tertiary/aromatic N) is 1. The SMILES string of the molecule is CCOCC(=O)Nc1nc(-c2ccc(Cl)cc2)c(C)s1. The van der Waals surface area contributed by atoms with Crippen LogP contribution in [0.2, 0.25) is 5.02 Å². The van der Waals surface area contributed by atoms with Gasteiger partial charge in [0, 0.05) is 22.1 Å². The van der Waals surface area contributed by atoms with Crippen LogP contribution in [-0.2, 0) is 9.53 Å². The molecule has 1 aromatic carbocycles. The van der Waals surface area contributed by atoms with Crippen LogP contribution in [0.5, 0.6) is 0 Å². The van der Waals surface area contributed by atoms with E-state index in [-0.39, 0.29) is 12.5 Å². The number of hydrogen-bond donors (Lipinski definition) is 1. The van der Waals surface area contributed by atoms with Gasteiger partial charge in [0.2, 0.25) is 0 Å². The molecule has 0 atom stereocenters. The fraction of sp³-hybridized carbons (Fsp3) is 0.286. The molecule has 0 aliphatic heterocycles. The van der Waals surface area contributed by atoms with Crippen molar-refractivity contribution in [3.8, 4) is 11.3 Å². The zero-order valence-corrected chi connectivity index (χ0v) is 12.8. The van der Waals surface area contributed by atoms with Gasteiger partial charge in [0.25, 0.3) is 5.91 Å². The lowest BCUT2D eigenvalue weighted by Gasteiger charge is -2.01. The number of thiazole rings is 1. The molecule has 0 saturated heterocycles. The molecule has 0 aliphatic rings. The molecule has 1 amide bonds. The molecule has 0 fully saturated rings. The molecule has 106 valence electrons. The van der Waals surface area contributed by atoms with Crippen molar-refractivity contribution in [2.45, 2.75) is 13.8 Å². The Balaban J connectivity index is 2.13. The third-order valence-electron chi connectivity index (χ3n) is 2.60. The summed E-state index contributed by atoms with van der Waals surface area (Å²) in [5, 5.41) is 4.00. The monoisotopic (exact) mass is 310 g/mol. The standard InChI is InChI=1S/C14H15ClN2O2S/c1-3-19-8-12(18)16-14-17-13(9(2)20-14)10-4-6-11(15)7-5-10/h4-7H,3,8H2,1-2H3,(H,16,17,18). The van der Waals surface area contributed by atoms with Gasteiger partial charge >= 0.3 is 0 Å². The van der Waals surface area contributed by atoms with Crippen LogP contribution in [0.4, 0.5) is 5.13 Å². The average Bonchev–Trinajstić information content (AvgIpc) is 2.78. The zero-order chi connectivity index (χ0) is 14.5. The van der Waals surface area contributed by atoms with Crippen molar-refractivity contribution in [1.82, 2.24) is 4.98 Å². The van der Waals surface area contributed by atoms with E-state index in [2.05, 4.69) is 10.3 Å². The Morgan fingerprint density at radius 2 is 2.10 bits per heavy atom. The van der Waals surface area contributed by atoms with Crippen LogP contribution < -0.4 is 5.32 Å². The molecule has 20 heavy (non-hydrogen) atoms. The minimum atomic E-state index is -0.191. The number of halogens is 1. The summed E-state index contributed by atoms with van der Waals surface area (Å²) in [6.45, 7) is 4.38. The van der Waals surface area contributed by atoms with Gasteiger partial charge in [0.05, 0.1) is 5.69 Å². The number of nitrogens with one attached hydrogen (secondary N) is 1. The van der Waals surface area contributed by atoms with E-state index in [4.69, 9.17) is 16.3 Å². The highest BCUT2D eigenvalue weighted by Gasteiger charge is 2.12. The third-order valence-corrected chi connectivity index (χ3v) is 3.74. The maximum atomic E-state index is 11.6. The summed E-state index contributed by atoms with van der Waals surface area (Å²) in [5.41, 5.74) is 1.84. The molecule has 0 unspecified atom stereocenters. The average molecular weight is 311 g/mol. The first-order valence-corrected chi connectivity index (χ1v) is 7.40. The molecule has 0 spiro atoms. The quantitative estimate of drug-likeness (QED) is 0.915. The number of hydrogen-bond acceptors (Lipinski definition) is 4. The molecule has 0 saturated carbocycles. The van der Waals surface area contributed by atoms with Crippen LogP contribution in [0.1, 0.15) is 11.8 Å². The summed E-state index contributed by atoms with van der Waals surface area (Å²) in [7, 11) is 0. The second-order valence-electron chi connectivity index (χ2n) is 4.12. The number of rotatable bonds is 5. The van der Waals surface area contributed by atoms with Crippen molar-refractivity contribution < 1.29 is 9.53 Å². The second-order valence-corrected chi connectivity index (χ2v) is 5.76. The first-order valence-electron chi connectivity index (χ1n) is 6.21. The van der Waals surface area contributed by atoms with Gasteiger partial charge in [-0.05, 0) is 26.0 Å². The number of ether oxygens (including phenoxy) is 1. The summed E-state index contributed by atoms with van der Waals surface area (Å²) in [5.74, 6) is -0.191. The predicted octanol–water partition coefficient (Wildman–Crippen LogP) is 3.75. The van der Waals surface area contributed by atoms with Gasteiger partial charge in [-0.2, -0.15) is 0 Å². The van der Waals surface area contributed by atoms with Crippen LogP contribution >= 0.6 is 22.9 Å². The molecular formula is C14H15ClN2O2S.